The van der Waals surface area contributed by atoms with E-state index >= 15 is 0 Å². The van der Waals surface area contributed by atoms with Crippen molar-refractivity contribution in [3.8, 4) is 0 Å². The van der Waals surface area contributed by atoms with Gasteiger partial charge in [-0.25, -0.2) is 0 Å². The van der Waals surface area contributed by atoms with Gasteiger partial charge in [-0.2, -0.15) is 13.2 Å². The molecular weight excluding hydrogens is 439 g/mol. The Hall–Kier alpha value is -3.61. The molecule has 0 saturated heterocycles. The molecule has 0 saturated carbocycles. The smallest absolute Gasteiger partial charge is 0.388 e. The zero-order valence-corrected chi connectivity index (χ0v) is 19.5. The average Bonchev–Trinajstić information content (AvgIpc) is 2.98. The van der Waals surface area contributed by atoms with Crippen LogP contribution in [0.25, 0.3) is 10.9 Å². The molecule has 34 heavy (non-hydrogen) atoms. The second-order valence-corrected chi connectivity index (χ2v) is 7.96. The number of halogens is 3. The fourth-order valence-electron chi connectivity index (χ4n) is 3.98. The number of pyridine rings is 1. The van der Waals surface area contributed by atoms with Gasteiger partial charge in [0.2, 0.25) is 5.91 Å². The van der Waals surface area contributed by atoms with E-state index in [1.54, 1.807) is 38.3 Å². The lowest BCUT2D eigenvalue weighted by Crippen LogP contribution is -2.29. The van der Waals surface area contributed by atoms with Gasteiger partial charge in [-0.1, -0.05) is 36.9 Å². The van der Waals surface area contributed by atoms with Gasteiger partial charge in [-0.3, -0.25) is 14.7 Å². The first kappa shape index (κ1) is 25.0. The summed E-state index contributed by atoms with van der Waals surface area (Å²) in [4.78, 5) is 18.7. The predicted octanol–water partition coefficient (Wildman–Crippen LogP) is 6.45. The summed E-state index contributed by atoms with van der Waals surface area (Å²) in [6, 6.07) is 5.73. The van der Waals surface area contributed by atoms with Crippen LogP contribution in [0.1, 0.15) is 31.4 Å². The summed E-state index contributed by atoms with van der Waals surface area (Å²) in [5, 5.41) is 3.52. The summed E-state index contributed by atoms with van der Waals surface area (Å²) in [6.07, 6.45) is 7.54. The Bertz CT molecular complexity index is 1220. The first-order valence-electron chi connectivity index (χ1n) is 11.1. The molecule has 1 aromatic carbocycles. The van der Waals surface area contributed by atoms with E-state index in [0.717, 1.165) is 11.6 Å². The van der Waals surface area contributed by atoms with Crippen molar-refractivity contribution < 1.29 is 18.0 Å². The molecule has 2 aromatic rings. The average molecular weight is 468 g/mol. The molecule has 0 spiro atoms. The molecule has 0 atom stereocenters. The van der Waals surface area contributed by atoms with Gasteiger partial charge in [0.05, 0.1) is 16.8 Å². The number of rotatable bonds is 7. The quantitative estimate of drug-likeness (QED) is 0.476. The first-order chi connectivity index (χ1) is 16.2. The van der Waals surface area contributed by atoms with E-state index in [1.165, 1.54) is 11.8 Å². The highest BCUT2D eigenvalue weighted by Crippen LogP contribution is 2.37. The normalized spacial score (nSPS) is 14.4. The van der Waals surface area contributed by atoms with E-state index in [-0.39, 0.29) is 17.8 Å². The lowest BCUT2D eigenvalue weighted by Gasteiger charge is -2.26. The molecule has 1 N–H and O–H groups in total. The van der Waals surface area contributed by atoms with E-state index in [4.69, 9.17) is 0 Å². The number of aryl methyl sites for hydroxylation is 1. The molecule has 1 aliphatic carbocycles. The monoisotopic (exact) mass is 467 g/mol. The zero-order valence-electron chi connectivity index (χ0n) is 19.5. The van der Waals surface area contributed by atoms with E-state index in [1.807, 2.05) is 30.4 Å². The van der Waals surface area contributed by atoms with Crippen molar-refractivity contribution in [3.05, 3.63) is 95.5 Å². The number of carbonyl (C=O) groups excluding carboxylic acids is 1. The van der Waals surface area contributed by atoms with Gasteiger partial charge in [0, 0.05) is 42.9 Å². The zero-order chi connectivity index (χ0) is 24.9. The van der Waals surface area contributed by atoms with Crippen molar-refractivity contribution in [1.82, 2.24) is 10.3 Å². The minimum Gasteiger partial charge on any atom is -0.388 e. The third kappa shape index (κ3) is 5.47. The van der Waals surface area contributed by atoms with Gasteiger partial charge in [-0.15, -0.1) is 0 Å². The predicted molar refractivity (Wildman–Crippen MR) is 131 cm³/mol. The van der Waals surface area contributed by atoms with E-state index in [0.29, 0.717) is 35.1 Å². The molecule has 0 radical (unpaired) electrons. The van der Waals surface area contributed by atoms with Crippen molar-refractivity contribution in [1.29, 1.82) is 0 Å². The van der Waals surface area contributed by atoms with Gasteiger partial charge in [-0.05, 0) is 55.7 Å². The Morgan fingerprint density at radius 2 is 2.09 bits per heavy atom. The second-order valence-electron chi connectivity index (χ2n) is 7.96. The number of allylic oxidation sites excluding steroid dienone is 7. The molecule has 7 heteroatoms. The lowest BCUT2D eigenvalue weighted by atomic mass is 10.0. The van der Waals surface area contributed by atoms with Gasteiger partial charge in [0.15, 0.2) is 0 Å². The fraction of sp³-hybridized carbons (Fsp3) is 0.259. The van der Waals surface area contributed by atoms with Crippen LogP contribution in [0, 0.1) is 6.92 Å². The van der Waals surface area contributed by atoms with E-state index in [2.05, 4.69) is 16.9 Å². The molecule has 0 fully saturated rings. The van der Waals surface area contributed by atoms with Gasteiger partial charge < -0.3 is 5.32 Å². The molecule has 178 valence electrons. The van der Waals surface area contributed by atoms with Crippen LogP contribution in [-0.4, -0.2) is 23.6 Å². The lowest BCUT2D eigenvalue weighted by molar-refractivity contribution is -0.116. The Labute approximate surface area is 197 Å². The summed E-state index contributed by atoms with van der Waals surface area (Å²) in [6.45, 7) is 8.93. The number of benzene rings is 1. The maximum absolute atomic E-state index is 14.0. The van der Waals surface area contributed by atoms with Crippen LogP contribution in [-0.2, 0) is 11.2 Å². The van der Waals surface area contributed by atoms with Crippen LogP contribution in [0.4, 0.5) is 18.9 Å². The molecule has 0 bridgehead atoms. The topological polar surface area (TPSA) is 45.2 Å². The Balaban J connectivity index is 2.24. The van der Waals surface area contributed by atoms with Crippen molar-refractivity contribution in [3.63, 3.8) is 0 Å². The molecular formula is C27H28F3N3O. The van der Waals surface area contributed by atoms with Crippen LogP contribution in [0.2, 0.25) is 0 Å². The van der Waals surface area contributed by atoms with Crippen LogP contribution < -0.4 is 10.2 Å². The summed E-state index contributed by atoms with van der Waals surface area (Å²) < 4.78 is 41.9. The summed E-state index contributed by atoms with van der Waals surface area (Å²) >= 11 is 0. The third-order valence-corrected chi connectivity index (χ3v) is 5.43. The minimum atomic E-state index is -4.57. The van der Waals surface area contributed by atoms with Crippen molar-refractivity contribution >= 4 is 22.5 Å². The number of carbonyl (C=O) groups is 1. The van der Waals surface area contributed by atoms with E-state index < -0.39 is 17.7 Å². The third-order valence-electron chi connectivity index (χ3n) is 5.43. The first-order valence-corrected chi connectivity index (χ1v) is 11.1. The number of alkyl halides is 3. The minimum absolute atomic E-state index is 0.0809. The van der Waals surface area contributed by atoms with Crippen LogP contribution in [0.15, 0.2) is 84.4 Å². The fourth-order valence-corrected chi connectivity index (χ4v) is 3.98. The highest BCUT2D eigenvalue weighted by molar-refractivity contribution is 6.05. The Morgan fingerprint density at radius 3 is 2.74 bits per heavy atom. The maximum Gasteiger partial charge on any atom is 0.418 e. The number of amides is 1. The van der Waals surface area contributed by atoms with Gasteiger partial charge in [0.25, 0.3) is 0 Å². The Morgan fingerprint density at radius 1 is 1.32 bits per heavy atom. The van der Waals surface area contributed by atoms with Gasteiger partial charge in [0.1, 0.15) is 0 Å². The molecule has 1 aromatic heterocycles. The van der Waals surface area contributed by atoms with Crippen molar-refractivity contribution in [2.24, 2.45) is 0 Å². The molecule has 1 amide bonds. The van der Waals surface area contributed by atoms with Crippen LogP contribution in [0.5, 0.6) is 0 Å². The molecule has 4 nitrogen and oxygen atoms in total. The number of fused-ring (bicyclic) bond motifs is 1. The largest absolute Gasteiger partial charge is 0.418 e. The van der Waals surface area contributed by atoms with Crippen LogP contribution >= 0.6 is 0 Å². The number of hydrogen-bond donors (Lipinski definition) is 1. The summed E-state index contributed by atoms with van der Waals surface area (Å²) in [5.41, 5.74) is 2.30. The molecule has 1 aliphatic rings. The summed E-state index contributed by atoms with van der Waals surface area (Å²) in [7, 11) is 0. The Kier molecular flexibility index (Phi) is 7.76. The number of anilines is 1. The van der Waals surface area contributed by atoms with Crippen molar-refractivity contribution in [2.75, 3.05) is 11.4 Å². The maximum atomic E-state index is 14.0. The second kappa shape index (κ2) is 10.5. The number of hydrogen-bond acceptors (Lipinski definition) is 3. The van der Waals surface area contributed by atoms with Crippen LogP contribution in [0.3, 0.4) is 0 Å². The molecule has 0 aliphatic heterocycles. The number of aromatic nitrogens is 1. The number of nitrogens with one attached hydrogen (secondary N) is 1. The summed E-state index contributed by atoms with van der Waals surface area (Å²) in [5.74, 6) is -0.392. The molecule has 0 unspecified atom stereocenters. The van der Waals surface area contributed by atoms with E-state index in [9.17, 15) is 18.0 Å². The highest BCUT2D eigenvalue weighted by Gasteiger charge is 2.36. The molecule has 1 heterocycles. The SMILES string of the molecule is C=C/C=C/Cc1ccc2ncc(C)c(N(C(C)=O)C3=CC(C(F)(F)F)=C(NCC)CC=C3)c2c1. The highest BCUT2D eigenvalue weighted by atomic mass is 19.4. The molecule has 3 rings (SSSR count). The number of nitrogens with zero attached hydrogens (tertiary/aromatic N) is 2. The standard InChI is InChI=1S/C27H28F3N3O/c1-5-7-8-10-20-13-14-24-22(15-20)26(18(3)17-32-24)33(19(4)34)21-11-9-12-25(31-6-2)23(16-21)27(28,29)30/h5,7-9,11,13-17,31H,1,6,10,12H2,2-4H3/b8-7+. The van der Waals surface area contributed by atoms with Gasteiger partial charge >= 0.3 is 6.18 Å². The van der Waals surface area contributed by atoms with Crippen molar-refractivity contribution in [2.45, 2.75) is 39.8 Å².